The van der Waals surface area contributed by atoms with Crippen molar-refractivity contribution in [2.24, 2.45) is 0 Å². The van der Waals surface area contributed by atoms with Crippen LogP contribution in [0.1, 0.15) is 153 Å². The fraction of sp³-hybridized carbons (Fsp3) is 0.304. The summed E-state index contributed by atoms with van der Waals surface area (Å²) in [7, 11) is 0.836. The van der Waals surface area contributed by atoms with E-state index in [1.165, 1.54) is 152 Å². The number of aromatic nitrogens is 1. The summed E-state index contributed by atoms with van der Waals surface area (Å²) in [5.41, 5.74) is 32.5. The van der Waals surface area contributed by atoms with Crippen molar-refractivity contribution in [2.75, 3.05) is 5.32 Å². The largest absolute Gasteiger partial charge is 0.355 e. The van der Waals surface area contributed by atoms with Gasteiger partial charge in [-0.05, 0) is 166 Å². The van der Waals surface area contributed by atoms with Crippen molar-refractivity contribution in [3.8, 4) is 50.2 Å². The van der Waals surface area contributed by atoms with Gasteiger partial charge in [-0.25, -0.2) is 0 Å². The molecule has 5 aliphatic rings. The van der Waals surface area contributed by atoms with Crippen LogP contribution < -0.4 is 16.2 Å². The molecule has 2 nitrogen and oxygen atoms in total. The summed E-state index contributed by atoms with van der Waals surface area (Å²) in [4.78, 5) is 0. The molecule has 4 aliphatic carbocycles. The number of benzene rings is 8. The standard InChI is InChI=1S/C69H67BN2/c1-64(2,3)38-26-28-39(29-27-38)71-55-35-50-43(40-20-14-17-23-47(40)67(50,8)9)32-45(55)60-61-58(42-22-16-19-25-49(42)69(61,12)13)59-46-33-52-53(66(6,7)31-30-65(52,4)5)37-56(46)72-57-36-51-44(34-54(57)70-62(60)63(59)72)41-21-15-18-24-48(41)68(51,10)11/h14-29,32-37,70-71H,30-31H2,1-13H3. The second-order valence-electron chi connectivity index (χ2n) is 26.5. The van der Waals surface area contributed by atoms with Gasteiger partial charge in [-0.15, -0.1) is 0 Å². The van der Waals surface area contributed by atoms with Crippen molar-refractivity contribution >= 4 is 51.4 Å². The molecule has 0 unspecified atom stereocenters. The van der Waals surface area contributed by atoms with Gasteiger partial charge in [0.05, 0.1) is 5.52 Å². The van der Waals surface area contributed by atoms with E-state index >= 15 is 0 Å². The number of anilines is 2. The molecule has 0 amide bonds. The quantitative estimate of drug-likeness (QED) is 0.175. The van der Waals surface area contributed by atoms with Crippen molar-refractivity contribution < 1.29 is 0 Å². The molecule has 0 fully saturated rings. The molecule has 9 aromatic rings. The third kappa shape index (κ3) is 5.64. The highest BCUT2D eigenvalue weighted by Gasteiger charge is 2.46. The highest BCUT2D eigenvalue weighted by atomic mass is 15.0. The van der Waals surface area contributed by atoms with E-state index in [9.17, 15) is 0 Å². The van der Waals surface area contributed by atoms with Crippen LogP contribution in [0.15, 0.2) is 133 Å². The maximum atomic E-state index is 4.16. The Morgan fingerprint density at radius 1 is 0.486 bits per heavy atom. The second kappa shape index (κ2) is 13.9. The molecule has 14 rings (SSSR count). The molecule has 72 heavy (non-hydrogen) atoms. The van der Waals surface area contributed by atoms with Crippen LogP contribution in [0.4, 0.5) is 11.4 Å². The summed E-state index contributed by atoms with van der Waals surface area (Å²) in [6.45, 7) is 31.6. The Hall–Kier alpha value is -6.58. The Morgan fingerprint density at radius 3 is 1.64 bits per heavy atom. The number of hydrogen-bond donors (Lipinski definition) is 1. The highest BCUT2D eigenvalue weighted by Crippen LogP contribution is 2.60. The Bertz CT molecular complexity index is 3910. The van der Waals surface area contributed by atoms with Gasteiger partial charge in [0.15, 0.2) is 7.28 Å². The van der Waals surface area contributed by atoms with Gasteiger partial charge in [-0.1, -0.05) is 186 Å². The first-order chi connectivity index (χ1) is 34.1. The zero-order valence-corrected chi connectivity index (χ0v) is 44.8. The first-order valence-electron chi connectivity index (χ1n) is 26.9. The molecule has 0 saturated carbocycles. The zero-order valence-electron chi connectivity index (χ0n) is 44.8. The molecule has 0 bridgehead atoms. The average molecular weight is 935 g/mol. The predicted octanol–water partition coefficient (Wildman–Crippen LogP) is 16.5. The number of hydrogen-bond acceptors (Lipinski definition) is 1. The van der Waals surface area contributed by atoms with Gasteiger partial charge < -0.3 is 9.88 Å². The molecule has 0 spiro atoms. The van der Waals surface area contributed by atoms with Crippen LogP contribution in [0, 0.1) is 0 Å². The molecule has 3 heteroatoms. The van der Waals surface area contributed by atoms with E-state index in [0.29, 0.717) is 0 Å². The topological polar surface area (TPSA) is 17.0 Å². The van der Waals surface area contributed by atoms with E-state index < -0.39 is 0 Å². The molecule has 0 atom stereocenters. The molecule has 1 aromatic heterocycles. The molecule has 356 valence electrons. The minimum absolute atomic E-state index is 0.0551. The summed E-state index contributed by atoms with van der Waals surface area (Å²) < 4.78 is 2.78. The lowest BCUT2D eigenvalue weighted by Gasteiger charge is -2.42. The van der Waals surface area contributed by atoms with Crippen molar-refractivity contribution in [1.82, 2.24) is 4.57 Å². The van der Waals surface area contributed by atoms with Gasteiger partial charge in [0.25, 0.3) is 0 Å². The molecular weight excluding hydrogens is 868 g/mol. The predicted molar refractivity (Wildman–Crippen MR) is 309 cm³/mol. The third-order valence-electron chi connectivity index (χ3n) is 19.2. The second-order valence-corrected chi connectivity index (χ2v) is 26.5. The van der Waals surface area contributed by atoms with Crippen molar-refractivity contribution in [2.45, 2.75) is 135 Å². The maximum Gasteiger partial charge on any atom is 0.198 e. The Labute approximate surface area is 428 Å². The smallest absolute Gasteiger partial charge is 0.198 e. The van der Waals surface area contributed by atoms with Gasteiger partial charge in [-0.2, -0.15) is 0 Å². The SMILES string of the molecule is CC(C)(C)c1ccc(Nc2cc3c(cc2-c2c4c(c5c6cc7c(cc6n6c5c2Bc2cc5c(cc2-6)C(C)(C)c2ccccc2-5)C(C)(C)CCC7(C)C)-c2ccccc2C4(C)C)-c2ccccc2C3(C)C)cc1. The lowest BCUT2D eigenvalue weighted by molar-refractivity contribution is 0.332. The van der Waals surface area contributed by atoms with Crippen molar-refractivity contribution in [3.63, 3.8) is 0 Å². The van der Waals surface area contributed by atoms with Crippen LogP contribution in [-0.2, 0) is 32.5 Å². The van der Waals surface area contributed by atoms with Gasteiger partial charge >= 0.3 is 0 Å². The highest BCUT2D eigenvalue weighted by molar-refractivity contribution is 6.74. The minimum Gasteiger partial charge on any atom is -0.355 e. The third-order valence-corrected chi connectivity index (χ3v) is 19.2. The first kappa shape index (κ1) is 44.2. The van der Waals surface area contributed by atoms with E-state index in [1.54, 1.807) is 0 Å². The van der Waals surface area contributed by atoms with Crippen molar-refractivity contribution in [3.05, 3.63) is 184 Å². The monoisotopic (exact) mass is 935 g/mol. The van der Waals surface area contributed by atoms with Crippen LogP contribution in [0.3, 0.4) is 0 Å². The van der Waals surface area contributed by atoms with Gasteiger partial charge in [0.2, 0.25) is 0 Å². The number of fused-ring (bicyclic) bond motifs is 16. The Balaban J connectivity index is 1.17. The van der Waals surface area contributed by atoms with Crippen LogP contribution in [0.25, 0.3) is 72.0 Å². The van der Waals surface area contributed by atoms with E-state index in [1.807, 2.05) is 0 Å². The summed E-state index contributed by atoms with van der Waals surface area (Å²) in [6.07, 6.45) is 2.35. The van der Waals surface area contributed by atoms with Crippen LogP contribution in [0.5, 0.6) is 0 Å². The fourth-order valence-electron chi connectivity index (χ4n) is 15.0. The number of nitrogens with zero attached hydrogens (tertiary/aromatic N) is 1. The lowest BCUT2D eigenvalue weighted by Crippen LogP contribution is -2.39. The van der Waals surface area contributed by atoms with E-state index in [4.69, 9.17) is 0 Å². The zero-order chi connectivity index (χ0) is 50.0. The average Bonchev–Trinajstić information content (AvgIpc) is 3.96. The summed E-state index contributed by atoms with van der Waals surface area (Å²) in [6, 6.07) is 52.7. The van der Waals surface area contributed by atoms with E-state index in [-0.39, 0.29) is 32.5 Å². The summed E-state index contributed by atoms with van der Waals surface area (Å²) in [5.74, 6) is 0. The minimum atomic E-state index is -0.293. The molecule has 0 radical (unpaired) electrons. The molecular formula is C69H67BN2. The maximum absolute atomic E-state index is 4.16. The molecule has 0 saturated heterocycles. The number of rotatable bonds is 3. The van der Waals surface area contributed by atoms with Crippen LogP contribution in [0.2, 0.25) is 0 Å². The van der Waals surface area contributed by atoms with Gasteiger partial charge in [-0.3, -0.25) is 0 Å². The Kier molecular flexibility index (Phi) is 8.54. The summed E-state index contributed by atoms with van der Waals surface area (Å²) in [5, 5.41) is 6.98. The lowest BCUT2D eigenvalue weighted by atomic mass is 9.56. The first-order valence-corrected chi connectivity index (χ1v) is 26.9. The number of nitrogens with one attached hydrogen (secondary N) is 1. The van der Waals surface area contributed by atoms with E-state index in [0.717, 1.165) is 13.0 Å². The van der Waals surface area contributed by atoms with Gasteiger partial charge in [0, 0.05) is 55.2 Å². The summed E-state index contributed by atoms with van der Waals surface area (Å²) >= 11 is 0. The fourth-order valence-corrected chi connectivity index (χ4v) is 15.0. The van der Waals surface area contributed by atoms with Crippen LogP contribution in [-0.4, -0.2) is 11.8 Å². The van der Waals surface area contributed by atoms with Gasteiger partial charge in [0.1, 0.15) is 0 Å². The molecule has 2 heterocycles. The van der Waals surface area contributed by atoms with Crippen LogP contribution >= 0.6 is 0 Å². The Morgan fingerprint density at radius 2 is 1.03 bits per heavy atom. The molecule has 1 aliphatic heterocycles. The molecule has 1 N–H and O–H groups in total. The van der Waals surface area contributed by atoms with Crippen molar-refractivity contribution in [1.29, 1.82) is 0 Å². The normalized spacial score (nSPS) is 18.1. The van der Waals surface area contributed by atoms with E-state index in [2.05, 4.69) is 233 Å². The molecule has 8 aromatic carbocycles.